The molecule has 0 bridgehead atoms. The van der Waals surface area contributed by atoms with Crippen LogP contribution in [-0.4, -0.2) is 46.5 Å². The van der Waals surface area contributed by atoms with Gasteiger partial charge in [0.1, 0.15) is 0 Å². The summed E-state index contributed by atoms with van der Waals surface area (Å²) < 4.78 is 9.99. The Morgan fingerprint density at radius 2 is 0.840 bits per heavy atom. The second-order valence-corrected chi connectivity index (χ2v) is 8.74. The number of ether oxygens (including phenoxy) is 2. The predicted molar refractivity (Wildman–Crippen MR) is 179 cm³/mol. The quantitative estimate of drug-likeness (QED) is 0.232. The molecule has 0 atom stereocenters. The first-order valence-corrected chi connectivity index (χ1v) is 13.1. The predicted octanol–water partition coefficient (Wildman–Crippen LogP) is 4.38. The van der Waals surface area contributed by atoms with E-state index >= 15 is 0 Å². The fourth-order valence-electron chi connectivity index (χ4n) is 3.24. The number of nitrogens with one attached hydrogen (secondary N) is 2. The van der Waals surface area contributed by atoms with Gasteiger partial charge in [0.25, 0.3) is 0 Å². The maximum atomic E-state index is 11.9. The Hall–Kier alpha value is -5.73. The third-order valence-electron chi connectivity index (χ3n) is 5.35. The molecule has 0 heterocycles. The molecule has 0 saturated heterocycles. The standard InChI is InChI=1S/2C15H15NO2.3NO3.H2O.Tb/c2*1-11-6-8-13(9-7-11)16-10-12-4-3-5-14(18-2)15(12)17;3*2-1(3)4;;/h2*3-10,16H,1-2H3;;;;1H2;/q;;3*-1;;+3/b2*12-10-;;;;;. The number of carbonyl (C=O) groups excluding carboxylic acids is 2. The molecular formula is C30H32N5O14Tb. The first kappa shape index (κ1) is 48.7. The van der Waals surface area contributed by atoms with E-state index in [-0.39, 0.29) is 55.7 Å². The van der Waals surface area contributed by atoms with Crippen LogP contribution < -0.4 is 10.6 Å². The molecule has 2 aromatic carbocycles. The average Bonchev–Trinajstić information content (AvgIpc) is 3.01. The molecule has 0 aliphatic heterocycles. The Kier molecular flexibility index (Phi) is 26.5. The van der Waals surface area contributed by atoms with Gasteiger partial charge in [-0.05, 0) is 62.4 Å². The maximum Gasteiger partial charge on any atom is 3.00 e. The van der Waals surface area contributed by atoms with Crippen LogP contribution in [0.25, 0.3) is 0 Å². The minimum Gasteiger partial charge on any atom is -0.493 e. The summed E-state index contributed by atoms with van der Waals surface area (Å²) in [7, 11) is 2.99. The third kappa shape index (κ3) is 22.7. The molecule has 0 fully saturated rings. The number of anilines is 2. The number of hydrogen-bond donors (Lipinski definition) is 2. The number of rotatable bonds is 6. The van der Waals surface area contributed by atoms with Gasteiger partial charge in [0, 0.05) is 34.9 Å². The number of allylic oxidation sites excluding steroid dienone is 8. The van der Waals surface area contributed by atoms with Crippen LogP contribution in [0, 0.1) is 98.4 Å². The van der Waals surface area contributed by atoms with Gasteiger partial charge in [-0.1, -0.05) is 47.5 Å². The molecule has 4 N–H and O–H groups in total. The topological polar surface area (TPSA) is 307 Å². The first-order valence-electron chi connectivity index (χ1n) is 13.1. The molecule has 2 aliphatic rings. The molecule has 2 aliphatic carbocycles. The van der Waals surface area contributed by atoms with Crippen molar-refractivity contribution in [2.45, 2.75) is 13.8 Å². The van der Waals surface area contributed by atoms with Gasteiger partial charge < -0.3 is 71.5 Å². The van der Waals surface area contributed by atoms with Crippen LogP contribution in [0.3, 0.4) is 0 Å². The Balaban J connectivity index is -0.000000650. The Morgan fingerprint density at radius 3 is 1.08 bits per heavy atom. The van der Waals surface area contributed by atoms with Crippen LogP contribution in [0.1, 0.15) is 11.1 Å². The van der Waals surface area contributed by atoms with Crippen molar-refractivity contribution in [1.29, 1.82) is 0 Å². The summed E-state index contributed by atoms with van der Waals surface area (Å²) in [5, 5.41) is 50.4. The Bertz CT molecular complexity index is 1460. The SMILES string of the molecule is COC1=CC=C/C(=C/Nc2ccc(C)cc2)C1=O.COC1=CC=C/C(=C/Nc2ccc(C)cc2)C1=O.O.O=[N+]([O-])[O-].O=[N+]([O-])[O-].O=[N+]([O-])[O-].[Tb+3]. The molecular weight excluding hydrogens is 813 g/mol. The van der Waals surface area contributed by atoms with E-state index < -0.39 is 15.3 Å². The second-order valence-electron chi connectivity index (χ2n) is 8.74. The molecule has 2 aromatic rings. The van der Waals surface area contributed by atoms with E-state index in [1.54, 1.807) is 48.9 Å². The van der Waals surface area contributed by atoms with Crippen molar-refractivity contribution in [1.82, 2.24) is 0 Å². The fraction of sp³-hybridized carbons (Fsp3) is 0.133. The zero-order valence-corrected chi connectivity index (χ0v) is 28.9. The molecule has 50 heavy (non-hydrogen) atoms. The number of methoxy groups -OCH3 is 2. The molecule has 4 rings (SSSR count). The van der Waals surface area contributed by atoms with Gasteiger partial charge in [-0.15, -0.1) is 0 Å². The van der Waals surface area contributed by atoms with Crippen LogP contribution in [0.2, 0.25) is 0 Å². The summed E-state index contributed by atoms with van der Waals surface area (Å²) >= 11 is 0. The van der Waals surface area contributed by atoms with Crippen LogP contribution >= 0.6 is 0 Å². The van der Waals surface area contributed by atoms with Gasteiger partial charge >= 0.3 is 38.6 Å². The van der Waals surface area contributed by atoms with E-state index in [0.29, 0.717) is 22.7 Å². The number of aryl methyl sites for hydroxylation is 2. The van der Waals surface area contributed by atoms with E-state index in [1.807, 2.05) is 62.4 Å². The van der Waals surface area contributed by atoms with E-state index in [1.165, 1.54) is 25.3 Å². The van der Waals surface area contributed by atoms with E-state index in [4.69, 9.17) is 55.4 Å². The minimum atomic E-state index is -1.75. The minimum absolute atomic E-state index is 0. The van der Waals surface area contributed by atoms with Crippen molar-refractivity contribution in [2.75, 3.05) is 24.9 Å². The summed E-state index contributed by atoms with van der Waals surface area (Å²) in [6.45, 7) is 4.07. The van der Waals surface area contributed by atoms with Crippen LogP contribution in [-0.2, 0) is 19.1 Å². The average molecular weight is 846 g/mol. The van der Waals surface area contributed by atoms with Gasteiger partial charge in [-0.2, -0.15) is 0 Å². The zero-order chi connectivity index (χ0) is 36.6. The van der Waals surface area contributed by atoms with Crippen molar-refractivity contribution >= 4 is 22.9 Å². The van der Waals surface area contributed by atoms with Crippen molar-refractivity contribution in [3.8, 4) is 0 Å². The van der Waals surface area contributed by atoms with E-state index in [2.05, 4.69) is 10.6 Å². The molecule has 0 saturated carbocycles. The molecule has 0 amide bonds. The number of hydrogen-bond acceptors (Lipinski definition) is 15. The zero-order valence-electron chi connectivity index (χ0n) is 26.7. The number of ketones is 2. The van der Waals surface area contributed by atoms with E-state index in [0.717, 1.165) is 11.4 Å². The summed E-state index contributed by atoms with van der Waals surface area (Å²) in [5.41, 5.74) is 5.45. The Labute approximate surface area is 315 Å². The number of nitrogens with zero attached hydrogens (tertiary/aromatic N) is 3. The van der Waals surface area contributed by atoms with Crippen LogP contribution in [0.5, 0.6) is 0 Å². The summed E-state index contributed by atoms with van der Waals surface area (Å²) in [5.74, 6) is 0.489. The largest absolute Gasteiger partial charge is 3.00 e. The van der Waals surface area contributed by atoms with Gasteiger partial charge in [-0.3, -0.25) is 9.59 Å². The molecule has 0 radical (unpaired) electrons. The second kappa shape index (κ2) is 27.2. The third-order valence-corrected chi connectivity index (χ3v) is 5.35. The van der Waals surface area contributed by atoms with Gasteiger partial charge in [0.05, 0.1) is 29.5 Å². The maximum absolute atomic E-state index is 11.9. The van der Waals surface area contributed by atoms with Crippen molar-refractivity contribution in [3.63, 3.8) is 0 Å². The number of Topliss-reactive ketones (excluding diaryl/α,β-unsaturated/α-hetero) is 2. The molecule has 0 spiro atoms. The molecule has 19 nitrogen and oxygen atoms in total. The number of carbonyl (C=O) groups is 2. The van der Waals surface area contributed by atoms with Gasteiger partial charge in [-0.25, -0.2) is 0 Å². The van der Waals surface area contributed by atoms with Crippen molar-refractivity contribution < 1.29 is 78.4 Å². The smallest absolute Gasteiger partial charge is 0.493 e. The summed E-state index contributed by atoms with van der Waals surface area (Å²) in [6.07, 6.45) is 13.8. The van der Waals surface area contributed by atoms with E-state index in [9.17, 15) is 9.59 Å². The molecule has 270 valence electrons. The molecule has 0 unspecified atom stereocenters. The molecule has 20 heteroatoms. The molecule has 0 aromatic heterocycles. The number of benzene rings is 2. The summed E-state index contributed by atoms with van der Waals surface area (Å²) in [4.78, 5) is 48.5. The first-order chi connectivity index (χ1) is 22.6. The van der Waals surface area contributed by atoms with Crippen molar-refractivity contribution in [2.24, 2.45) is 0 Å². The fourth-order valence-corrected chi connectivity index (χ4v) is 3.24. The van der Waals surface area contributed by atoms with Crippen LogP contribution in [0.15, 0.2) is 120 Å². The van der Waals surface area contributed by atoms with Crippen molar-refractivity contribution in [3.05, 3.63) is 177 Å². The normalized spacial score (nSPS) is 13.4. The summed E-state index contributed by atoms with van der Waals surface area (Å²) in [6, 6.07) is 15.9. The van der Waals surface area contributed by atoms with Gasteiger partial charge in [0.2, 0.25) is 11.6 Å². The van der Waals surface area contributed by atoms with Gasteiger partial charge in [0.15, 0.2) is 11.5 Å². The Morgan fingerprint density at radius 1 is 0.580 bits per heavy atom. The van der Waals surface area contributed by atoms with Crippen LogP contribution in [0.4, 0.5) is 11.4 Å². The monoisotopic (exact) mass is 845 g/mol.